The molecule has 0 spiro atoms. The van der Waals surface area contributed by atoms with Crippen LogP contribution < -0.4 is 0 Å². The van der Waals surface area contributed by atoms with Crippen LogP contribution in [0.4, 0.5) is 4.39 Å². The van der Waals surface area contributed by atoms with Gasteiger partial charge < -0.3 is 4.74 Å². The molecule has 1 rings (SSSR count). The predicted octanol–water partition coefficient (Wildman–Crippen LogP) is 2.96. The molecule has 2 nitrogen and oxygen atoms in total. The molecule has 0 aliphatic carbocycles. The molecule has 0 heterocycles. The molecule has 0 aromatic heterocycles. The molecule has 14 heavy (non-hydrogen) atoms. The Morgan fingerprint density at radius 2 is 2.21 bits per heavy atom. The van der Waals surface area contributed by atoms with Crippen LogP contribution >= 0.6 is 11.6 Å². The Bertz CT molecular complexity index is 340. The van der Waals surface area contributed by atoms with E-state index in [0.29, 0.717) is 5.56 Å². The van der Waals surface area contributed by atoms with Gasteiger partial charge in [0, 0.05) is 0 Å². The second kappa shape index (κ2) is 4.42. The molecule has 0 N–H and O–H groups in total. The molecule has 0 unspecified atom stereocenters. The van der Waals surface area contributed by atoms with E-state index in [0.717, 1.165) is 0 Å². The molecule has 0 aliphatic heterocycles. The zero-order chi connectivity index (χ0) is 10.7. The van der Waals surface area contributed by atoms with E-state index >= 15 is 0 Å². The Balaban J connectivity index is 3.06. The van der Waals surface area contributed by atoms with E-state index in [1.807, 2.05) is 0 Å². The zero-order valence-electron chi connectivity index (χ0n) is 7.93. The summed E-state index contributed by atoms with van der Waals surface area (Å²) in [5, 5.41) is -0.0620. The Labute approximate surface area is 86.6 Å². The average Bonchev–Trinajstić information content (AvgIpc) is 2.13. The predicted molar refractivity (Wildman–Crippen MR) is 52.1 cm³/mol. The fourth-order valence-electron chi connectivity index (χ4n) is 1.06. The first-order valence-electron chi connectivity index (χ1n) is 4.19. The molecule has 0 bridgehead atoms. The topological polar surface area (TPSA) is 26.3 Å². The highest BCUT2D eigenvalue weighted by atomic mass is 35.5. The minimum atomic E-state index is -0.500. The van der Waals surface area contributed by atoms with Crippen LogP contribution in [0.15, 0.2) is 12.1 Å². The van der Waals surface area contributed by atoms with Crippen LogP contribution in [-0.4, -0.2) is 12.6 Å². The monoisotopic (exact) mass is 216 g/mol. The van der Waals surface area contributed by atoms with Crippen LogP contribution in [-0.2, 0) is 4.74 Å². The van der Waals surface area contributed by atoms with Gasteiger partial charge in [0.25, 0.3) is 0 Å². The van der Waals surface area contributed by atoms with Gasteiger partial charge in [0.05, 0.1) is 17.2 Å². The smallest absolute Gasteiger partial charge is 0.338 e. The van der Waals surface area contributed by atoms with Crippen molar-refractivity contribution in [3.05, 3.63) is 34.1 Å². The quantitative estimate of drug-likeness (QED) is 0.711. The van der Waals surface area contributed by atoms with Crippen LogP contribution in [0.25, 0.3) is 0 Å². The molecule has 0 atom stereocenters. The maximum atomic E-state index is 13.1. The number of rotatable bonds is 2. The largest absolute Gasteiger partial charge is 0.462 e. The summed E-state index contributed by atoms with van der Waals surface area (Å²) in [6, 6.07) is 2.68. The second-order valence-corrected chi connectivity index (χ2v) is 3.22. The Morgan fingerprint density at radius 3 is 2.71 bits per heavy atom. The first-order chi connectivity index (χ1) is 6.56. The van der Waals surface area contributed by atoms with Crippen LogP contribution in [0.2, 0.25) is 5.02 Å². The number of aryl methyl sites for hydroxylation is 1. The number of carbonyl (C=O) groups is 1. The van der Waals surface area contributed by atoms with Crippen LogP contribution in [0.3, 0.4) is 0 Å². The SMILES string of the molecule is CCOC(=O)c1cc(C)c(F)c(Cl)c1. The minimum absolute atomic E-state index is 0.0620. The van der Waals surface area contributed by atoms with Gasteiger partial charge in [-0.1, -0.05) is 11.6 Å². The van der Waals surface area contributed by atoms with Gasteiger partial charge in [0.2, 0.25) is 0 Å². The standard InChI is InChI=1S/C10H10ClFO2/c1-3-14-10(13)7-4-6(2)9(12)8(11)5-7/h4-5H,3H2,1-2H3. The van der Waals surface area contributed by atoms with E-state index in [4.69, 9.17) is 16.3 Å². The van der Waals surface area contributed by atoms with Crippen molar-refractivity contribution in [2.24, 2.45) is 0 Å². The summed E-state index contributed by atoms with van der Waals surface area (Å²) in [6.45, 7) is 3.53. The van der Waals surface area contributed by atoms with Crippen molar-refractivity contribution in [2.45, 2.75) is 13.8 Å². The molecule has 0 saturated carbocycles. The molecule has 76 valence electrons. The van der Waals surface area contributed by atoms with Gasteiger partial charge >= 0.3 is 5.97 Å². The maximum absolute atomic E-state index is 13.1. The van der Waals surface area contributed by atoms with Crippen molar-refractivity contribution < 1.29 is 13.9 Å². The van der Waals surface area contributed by atoms with E-state index in [1.165, 1.54) is 12.1 Å². The lowest BCUT2D eigenvalue weighted by Gasteiger charge is -2.04. The number of hydrogen-bond donors (Lipinski definition) is 0. The summed E-state index contributed by atoms with van der Waals surface area (Å²) in [7, 11) is 0. The fraction of sp³-hybridized carbons (Fsp3) is 0.300. The number of benzene rings is 1. The van der Waals surface area contributed by atoms with Crippen molar-refractivity contribution >= 4 is 17.6 Å². The first kappa shape index (κ1) is 11.0. The van der Waals surface area contributed by atoms with Crippen LogP contribution in [0.1, 0.15) is 22.8 Å². The third kappa shape index (κ3) is 2.23. The van der Waals surface area contributed by atoms with E-state index in [2.05, 4.69) is 0 Å². The molecule has 0 saturated heterocycles. The normalized spacial score (nSPS) is 10.0. The van der Waals surface area contributed by atoms with Gasteiger partial charge in [0.15, 0.2) is 0 Å². The summed E-state index contributed by atoms with van der Waals surface area (Å²) < 4.78 is 17.8. The molecular weight excluding hydrogens is 207 g/mol. The molecule has 0 amide bonds. The second-order valence-electron chi connectivity index (χ2n) is 2.81. The lowest BCUT2D eigenvalue weighted by Crippen LogP contribution is -2.05. The van der Waals surface area contributed by atoms with Gasteiger partial charge in [-0.15, -0.1) is 0 Å². The average molecular weight is 217 g/mol. The molecule has 1 aromatic carbocycles. The zero-order valence-corrected chi connectivity index (χ0v) is 8.69. The highest BCUT2D eigenvalue weighted by Crippen LogP contribution is 2.20. The molecule has 1 aromatic rings. The van der Waals surface area contributed by atoms with E-state index in [1.54, 1.807) is 13.8 Å². The summed E-state index contributed by atoms with van der Waals surface area (Å²) in [5.74, 6) is -0.989. The highest BCUT2D eigenvalue weighted by Gasteiger charge is 2.11. The van der Waals surface area contributed by atoms with Gasteiger partial charge in [-0.25, -0.2) is 9.18 Å². The summed E-state index contributed by atoms with van der Waals surface area (Å²) in [4.78, 5) is 11.3. The first-order valence-corrected chi connectivity index (χ1v) is 4.56. The number of ether oxygens (including phenoxy) is 1. The van der Waals surface area contributed by atoms with Crippen LogP contribution in [0, 0.1) is 12.7 Å². The molecular formula is C10H10ClFO2. The van der Waals surface area contributed by atoms with E-state index in [9.17, 15) is 9.18 Å². The van der Waals surface area contributed by atoms with Crippen molar-refractivity contribution in [3.63, 3.8) is 0 Å². The number of hydrogen-bond acceptors (Lipinski definition) is 2. The number of carbonyl (C=O) groups excluding carboxylic acids is 1. The lowest BCUT2D eigenvalue weighted by atomic mass is 10.1. The van der Waals surface area contributed by atoms with Gasteiger partial charge in [-0.3, -0.25) is 0 Å². The summed E-state index contributed by atoms with van der Waals surface area (Å²) in [5.41, 5.74) is 0.608. The molecule has 0 fully saturated rings. The lowest BCUT2D eigenvalue weighted by molar-refractivity contribution is 0.0526. The number of halogens is 2. The summed E-state index contributed by atoms with van der Waals surface area (Å²) in [6.07, 6.45) is 0. The van der Waals surface area contributed by atoms with E-state index in [-0.39, 0.29) is 17.2 Å². The Morgan fingerprint density at radius 1 is 1.57 bits per heavy atom. The van der Waals surface area contributed by atoms with Gasteiger partial charge in [0.1, 0.15) is 5.82 Å². The van der Waals surface area contributed by atoms with E-state index < -0.39 is 11.8 Å². The molecule has 4 heteroatoms. The Hall–Kier alpha value is -1.09. The van der Waals surface area contributed by atoms with Crippen LogP contribution in [0.5, 0.6) is 0 Å². The van der Waals surface area contributed by atoms with Crippen molar-refractivity contribution in [2.75, 3.05) is 6.61 Å². The van der Waals surface area contributed by atoms with Crippen molar-refractivity contribution in [1.82, 2.24) is 0 Å². The molecule has 0 radical (unpaired) electrons. The Kier molecular flexibility index (Phi) is 3.47. The third-order valence-corrected chi connectivity index (χ3v) is 2.00. The third-order valence-electron chi connectivity index (χ3n) is 1.72. The highest BCUT2D eigenvalue weighted by molar-refractivity contribution is 6.31. The van der Waals surface area contributed by atoms with Crippen molar-refractivity contribution in [1.29, 1.82) is 0 Å². The molecule has 0 aliphatic rings. The number of esters is 1. The minimum Gasteiger partial charge on any atom is -0.462 e. The maximum Gasteiger partial charge on any atom is 0.338 e. The van der Waals surface area contributed by atoms with Gasteiger partial charge in [-0.2, -0.15) is 0 Å². The van der Waals surface area contributed by atoms with Crippen molar-refractivity contribution in [3.8, 4) is 0 Å². The van der Waals surface area contributed by atoms with Gasteiger partial charge in [-0.05, 0) is 31.5 Å². The fourth-order valence-corrected chi connectivity index (χ4v) is 1.33. The summed E-state index contributed by atoms with van der Waals surface area (Å²) >= 11 is 5.58.